The summed E-state index contributed by atoms with van der Waals surface area (Å²) in [5, 5.41) is 3.85. The Balaban J connectivity index is 1.97. The summed E-state index contributed by atoms with van der Waals surface area (Å²) in [4.78, 5) is 25.2. The van der Waals surface area contributed by atoms with E-state index in [9.17, 15) is 9.59 Å². The van der Waals surface area contributed by atoms with Gasteiger partial charge >= 0.3 is 6.03 Å². The van der Waals surface area contributed by atoms with E-state index in [-0.39, 0.29) is 18.5 Å². The van der Waals surface area contributed by atoms with Crippen LogP contribution in [-0.2, 0) is 4.79 Å². The molecule has 0 aliphatic carbocycles. The van der Waals surface area contributed by atoms with E-state index in [1.807, 2.05) is 6.07 Å². The third kappa shape index (κ3) is 3.18. The van der Waals surface area contributed by atoms with Crippen molar-refractivity contribution >= 4 is 17.6 Å². The van der Waals surface area contributed by atoms with E-state index >= 15 is 0 Å². The summed E-state index contributed by atoms with van der Waals surface area (Å²) in [7, 11) is 1.53. The molecule has 0 unspecified atom stereocenters. The van der Waals surface area contributed by atoms with Crippen molar-refractivity contribution in [1.29, 1.82) is 0 Å². The van der Waals surface area contributed by atoms with Gasteiger partial charge in [0.1, 0.15) is 12.3 Å². The molecule has 1 aromatic rings. The lowest BCUT2D eigenvalue weighted by Crippen LogP contribution is -2.54. The van der Waals surface area contributed by atoms with Crippen molar-refractivity contribution in [1.82, 2.24) is 9.91 Å². The number of urea groups is 1. The second kappa shape index (κ2) is 6.25. The fourth-order valence-corrected chi connectivity index (χ4v) is 2.06. The molecule has 1 saturated heterocycles. The number of rotatable bonds is 4. The van der Waals surface area contributed by atoms with Gasteiger partial charge in [-0.15, -0.1) is 0 Å². The number of hydrogen-bond acceptors (Lipinski definition) is 4. The average Bonchev–Trinajstić information content (AvgIpc) is 2.44. The van der Waals surface area contributed by atoms with E-state index in [2.05, 4.69) is 5.32 Å². The minimum absolute atomic E-state index is 0.0232. The summed E-state index contributed by atoms with van der Waals surface area (Å²) < 4.78 is 5.15. The van der Waals surface area contributed by atoms with Crippen molar-refractivity contribution in [3.8, 4) is 5.75 Å². The molecule has 2 rings (SSSR count). The Morgan fingerprint density at radius 1 is 1.40 bits per heavy atom. The van der Waals surface area contributed by atoms with Gasteiger partial charge in [0, 0.05) is 13.1 Å². The number of ether oxygens (including phenoxy) is 1. The maximum absolute atomic E-state index is 12.0. The molecule has 7 heteroatoms. The van der Waals surface area contributed by atoms with E-state index in [4.69, 9.17) is 10.6 Å². The monoisotopic (exact) mass is 278 g/mol. The molecular weight excluding hydrogens is 260 g/mol. The number of hydrazine groups is 1. The van der Waals surface area contributed by atoms with Gasteiger partial charge in [-0.1, -0.05) is 12.1 Å². The third-order valence-corrected chi connectivity index (χ3v) is 3.06. The lowest BCUT2D eigenvalue weighted by Gasteiger charge is -2.32. The number of hydrogen-bond donors (Lipinski definition) is 2. The van der Waals surface area contributed by atoms with Gasteiger partial charge < -0.3 is 15.0 Å². The van der Waals surface area contributed by atoms with E-state index < -0.39 is 0 Å². The standard InChI is InChI=1S/C13H18N4O3/c1-20-11-6-3-2-5-10(11)15-12(18)9-16-7-4-8-17(14)13(16)19/h2-3,5-6H,4,7-9,14H2,1H3,(H,15,18). The van der Waals surface area contributed by atoms with Gasteiger partial charge in [0.2, 0.25) is 5.91 Å². The van der Waals surface area contributed by atoms with E-state index in [0.29, 0.717) is 24.5 Å². The molecule has 0 atom stereocenters. The summed E-state index contributed by atoms with van der Waals surface area (Å²) >= 11 is 0. The van der Waals surface area contributed by atoms with Crippen LogP contribution in [0.25, 0.3) is 0 Å². The van der Waals surface area contributed by atoms with Gasteiger partial charge in [0.05, 0.1) is 12.8 Å². The Hall–Kier alpha value is -2.28. The predicted molar refractivity (Wildman–Crippen MR) is 74.1 cm³/mol. The minimum atomic E-state index is -0.327. The molecule has 3 amide bonds. The molecule has 1 heterocycles. The molecular formula is C13H18N4O3. The van der Waals surface area contributed by atoms with Crippen molar-refractivity contribution < 1.29 is 14.3 Å². The fraction of sp³-hybridized carbons (Fsp3) is 0.385. The lowest BCUT2D eigenvalue weighted by atomic mass is 10.3. The Morgan fingerprint density at radius 3 is 2.90 bits per heavy atom. The van der Waals surface area contributed by atoms with Crippen LogP contribution in [0.15, 0.2) is 24.3 Å². The number of methoxy groups -OCH3 is 1. The van der Waals surface area contributed by atoms with Crippen LogP contribution in [0.2, 0.25) is 0 Å². The molecule has 0 radical (unpaired) electrons. The summed E-state index contributed by atoms with van der Waals surface area (Å²) in [5.41, 5.74) is 0.578. The fourth-order valence-electron chi connectivity index (χ4n) is 2.06. The van der Waals surface area contributed by atoms with Crippen LogP contribution >= 0.6 is 0 Å². The number of amides is 3. The minimum Gasteiger partial charge on any atom is -0.495 e. The van der Waals surface area contributed by atoms with Gasteiger partial charge in [-0.2, -0.15) is 0 Å². The number of para-hydroxylation sites is 2. The molecule has 7 nitrogen and oxygen atoms in total. The molecule has 20 heavy (non-hydrogen) atoms. The van der Waals surface area contributed by atoms with Crippen molar-refractivity contribution in [2.75, 3.05) is 32.1 Å². The lowest BCUT2D eigenvalue weighted by molar-refractivity contribution is -0.117. The highest BCUT2D eigenvalue weighted by Crippen LogP contribution is 2.22. The van der Waals surface area contributed by atoms with Crippen molar-refractivity contribution in [3.05, 3.63) is 24.3 Å². The number of carbonyl (C=O) groups excluding carboxylic acids is 2. The molecule has 0 spiro atoms. The van der Waals surface area contributed by atoms with Crippen LogP contribution < -0.4 is 15.9 Å². The molecule has 1 aliphatic heterocycles. The Kier molecular flexibility index (Phi) is 4.41. The highest BCUT2D eigenvalue weighted by atomic mass is 16.5. The molecule has 0 bridgehead atoms. The highest BCUT2D eigenvalue weighted by Gasteiger charge is 2.25. The molecule has 1 fully saturated rings. The van der Waals surface area contributed by atoms with Crippen LogP contribution in [-0.4, -0.2) is 48.6 Å². The molecule has 0 aromatic heterocycles. The zero-order chi connectivity index (χ0) is 14.5. The maximum Gasteiger partial charge on any atom is 0.334 e. The quantitative estimate of drug-likeness (QED) is 0.625. The summed E-state index contributed by atoms with van der Waals surface area (Å²) in [6.07, 6.45) is 0.754. The first kappa shape index (κ1) is 14.1. The van der Waals surface area contributed by atoms with Crippen LogP contribution in [0.5, 0.6) is 5.75 Å². The molecule has 108 valence electrons. The number of nitrogens with one attached hydrogen (secondary N) is 1. The molecule has 3 N–H and O–H groups in total. The topological polar surface area (TPSA) is 87.9 Å². The van der Waals surface area contributed by atoms with Crippen molar-refractivity contribution in [2.45, 2.75) is 6.42 Å². The van der Waals surface area contributed by atoms with Crippen molar-refractivity contribution in [2.24, 2.45) is 5.84 Å². The number of nitrogens with zero attached hydrogens (tertiary/aromatic N) is 2. The van der Waals surface area contributed by atoms with E-state index in [1.165, 1.54) is 12.0 Å². The third-order valence-electron chi connectivity index (χ3n) is 3.06. The first-order valence-electron chi connectivity index (χ1n) is 6.36. The average molecular weight is 278 g/mol. The van der Waals surface area contributed by atoms with Crippen molar-refractivity contribution in [3.63, 3.8) is 0 Å². The van der Waals surface area contributed by atoms with Gasteiger partial charge in [0.25, 0.3) is 0 Å². The van der Waals surface area contributed by atoms with Crippen LogP contribution in [0, 0.1) is 0 Å². The normalized spacial score (nSPS) is 15.2. The van der Waals surface area contributed by atoms with Gasteiger partial charge in [-0.05, 0) is 18.6 Å². The smallest absolute Gasteiger partial charge is 0.334 e. The second-order valence-electron chi connectivity index (χ2n) is 4.50. The number of benzene rings is 1. The first-order chi connectivity index (χ1) is 9.61. The molecule has 1 aromatic carbocycles. The molecule has 1 aliphatic rings. The predicted octanol–water partition coefficient (Wildman–Crippen LogP) is 0.635. The summed E-state index contributed by atoms with van der Waals surface area (Å²) in [6, 6.07) is 6.78. The largest absolute Gasteiger partial charge is 0.495 e. The summed E-state index contributed by atoms with van der Waals surface area (Å²) in [5.74, 6) is 5.83. The van der Waals surface area contributed by atoms with E-state index in [0.717, 1.165) is 11.4 Å². The summed E-state index contributed by atoms with van der Waals surface area (Å²) in [6.45, 7) is 1.03. The second-order valence-corrected chi connectivity index (χ2v) is 4.50. The van der Waals surface area contributed by atoms with Gasteiger partial charge in [0.15, 0.2) is 0 Å². The molecule has 0 saturated carbocycles. The SMILES string of the molecule is COc1ccccc1NC(=O)CN1CCCN(N)C1=O. The maximum atomic E-state index is 12.0. The zero-order valence-electron chi connectivity index (χ0n) is 11.3. The number of nitrogens with two attached hydrogens (primary N) is 1. The Bertz CT molecular complexity index is 506. The Labute approximate surface area is 117 Å². The van der Waals surface area contributed by atoms with Crippen LogP contribution in [0.4, 0.5) is 10.5 Å². The van der Waals surface area contributed by atoms with E-state index in [1.54, 1.807) is 18.2 Å². The Morgan fingerprint density at radius 2 is 2.15 bits per heavy atom. The van der Waals surface area contributed by atoms with Gasteiger partial charge in [-0.25, -0.2) is 10.6 Å². The zero-order valence-corrected chi connectivity index (χ0v) is 11.3. The highest BCUT2D eigenvalue weighted by molar-refractivity contribution is 5.95. The first-order valence-corrected chi connectivity index (χ1v) is 6.36. The van der Waals surface area contributed by atoms with Crippen LogP contribution in [0.1, 0.15) is 6.42 Å². The number of carbonyl (C=O) groups is 2. The van der Waals surface area contributed by atoms with Crippen LogP contribution in [0.3, 0.4) is 0 Å². The number of anilines is 1. The van der Waals surface area contributed by atoms with Gasteiger partial charge in [-0.3, -0.25) is 9.80 Å².